The van der Waals surface area contributed by atoms with Gasteiger partial charge >= 0.3 is 0 Å². The van der Waals surface area contributed by atoms with Gasteiger partial charge in [0, 0.05) is 31.9 Å². The smallest absolute Gasteiger partial charge is 0.257 e. The first-order valence-electron chi connectivity index (χ1n) is 6.19. The van der Waals surface area contributed by atoms with Gasteiger partial charge in [-0.05, 0) is 18.7 Å². The van der Waals surface area contributed by atoms with E-state index in [0.717, 1.165) is 32.7 Å². The van der Waals surface area contributed by atoms with Crippen LogP contribution in [0.3, 0.4) is 0 Å². The summed E-state index contributed by atoms with van der Waals surface area (Å²) in [6, 6.07) is 5.16. The number of nitrogens with two attached hydrogens (primary N) is 1. The number of likely N-dealkylation sites (N-methyl/N-ethyl adjacent to an activating group) is 1. The molecule has 1 fully saturated rings. The molecule has 18 heavy (non-hydrogen) atoms. The monoisotopic (exact) mass is 267 g/mol. The number of hydrogen-bond acceptors (Lipinski definition) is 3. The molecule has 98 valence electrons. The molecule has 1 amide bonds. The van der Waals surface area contributed by atoms with Crippen molar-refractivity contribution < 1.29 is 4.79 Å². The summed E-state index contributed by atoms with van der Waals surface area (Å²) in [6.45, 7) is 6.44. The first-order chi connectivity index (χ1) is 8.63. The number of carbonyl (C=O) groups is 1. The Kier molecular flexibility index (Phi) is 4.09. The zero-order valence-electron chi connectivity index (χ0n) is 10.5. The molecule has 1 aromatic carbocycles. The van der Waals surface area contributed by atoms with E-state index in [0.29, 0.717) is 16.3 Å². The average Bonchev–Trinajstić information content (AvgIpc) is 2.38. The van der Waals surface area contributed by atoms with E-state index in [2.05, 4.69) is 11.8 Å². The minimum absolute atomic E-state index is 0.0612. The number of nitrogen functional groups attached to an aromatic ring is 1. The Morgan fingerprint density at radius 1 is 1.33 bits per heavy atom. The van der Waals surface area contributed by atoms with Crippen molar-refractivity contribution in [2.45, 2.75) is 6.92 Å². The Bertz CT molecular complexity index is 422. The van der Waals surface area contributed by atoms with Gasteiger partial charge in [0.15, 0.2) is 0 Å². The van der Waals surface area contributed by atoms with Crippen LogP contribution in [0.4, 0.5) is 5.69 Å². The SMILES string of the molecule is CCN1CCN(C(=O)c2c(N)cccc2Cl)CC1. The van der Waals surface area contributed by atoms with Crippen molar-refractivity contribution in [3.8, 4) is 0 Å². The van der Waals surface area contributed by atoms with Crippen LogP contribution in [0.5, 0.6) is 0 Å². The molecule has 0 atom stereocenters. The van der Waals surface area contributed by atoms with Gasteiger partial charge < -0.3 is 15.5 Å². The standard InChI is InChI=1S/C13H18ClN3O/c1-2-16-6-8-17(9-7-16)13(18)12-10(14)4-3-5-11(12)15/h3-5H,2,6-9,15H2,1H3. The maximum atomic E-state index is 12.4. The van der Waals surface area contributed by atoms with Crippen LogP contribution in [0.15, 0.2) is 18.2 Å². The van der Waals surface area contributed by atoms with E-state index in [1.165, 1.54) is 0 Å². The molecule has 1 aliphatic heterocycles. The van der Waals surface area contributed by atoms with Crippen LogP contribution < -0.4 is 5.73 Å². The van der Waals surface area contributed by atoms with Crippen LogP contribution in [-0.4, -0.2) is 48.4 Å². The zero-order chi connectivity index (χ0) is 13.1. The Morgan fingerprint density at radius 3 is 2.56 bits per heavy atom. The Hall–Kier alpha value is -1.26. The molecule has 1 aliphatic rings. The van der Waals surface area contributed by atoms with E-state index < -0.39 is 0 Å². The second-order valence-electron chi connectivity index (χ2n) is 4.43. The van der Waals surface area contributed by atoms with Gasteiger partial charge in [0.1, 0.15) is 0 Å². The second-order valence-corrected chi connectivity index (χ2v) is 4.84. The molecular weight excluding hydrogens is 250 g/mol. The number of benzene rings is 1. The maximum absolute atomic E-state index is 12.4. The maximum Gasteiger partial charge on any atom is 0.257 e. The van der Waals surface area contributed by atoms with E-state index in [9.17, 15) is 4.79 Å². The highest BCUT2D eigenvalue weighted by Gasteiger charge is 2.24. The van der Waals surface area contributed by atoms with Crippen molar-refractivity contribution in [3.63, 3.8) is 0 Å². The lowest BCUT2D eigenvalue weighted by Gasteiger charge is -2.34. The van der Waals surface area contributed by atoms with E-state index in [1.807, 2.05) is 4.90 Å². The van der Waals surface area contributed by atoms with Gasteiger partial charge in [-0.25, -0.2) is 0 Å². The highest BCUT2D eigenvalue weighted by molar-refractivity contribution is 6.34. The summed E-state index contributed by atoms with van der Waals surface area (Å²) in [4.78, 5) is 16.5. The van der Waals surface area contributed by atoms with Gasteiger partial charge in [0.05, 0.1) is 10.6 Å². The van der Waals surface area contributed by atoms with E-state index in [-0.39, 0.29) is 5.91 Å². The summed E-state index contributed by atoms with van der Waals surface area (Å²) >= 11 is 6.06. The number of nitrogens with zero attached hydrogens (tertiary/aromatic N) is 2. The van der Waals surface area contributed by atoms with Crippen LogP contribution in [-0.2, 0) is 0 Å². The topological polar surface area (TPSA) is 49.6 Å². The molecule has 1 saturated heterocycles. The summed E-state index contributed by atoms with van der Waals surface area (Å²) < 4.78 is 0. The van der Waals surface area contributed by atoms with Gasteiger partial charge in [-0.3, -0.25) is 4.79 Å². The Morgan fingerprint density at radius 2 is 2.00 bits per heavy atom. The number of anilines is 1. The molecule has 5 heteroatoms. The molecule has 0 radical (unpaired) electrons. The lowest BCUT2D eigenvalue weighted by atomic mass is 10.1. The summed E-state index contributed by atoms with van der Waals surface area (Å²) in [5.41, 5.74) is 6.72. The number of carbonyl (C=O) groups excluding carboxylic acids is 1. The molecular formula is C13H18ClN3O. The molecule has 0 aliphatic carbocycles. The Balaban J connectivity index is 2.13. The molecule has 1 aromatic rings. The lowest BCUT2D eigenvalue weighted by Crippen LogP contribution is -2.48. The fraction of sp³-hybridized carbons (Fsp3) is 0.462. The van der Waals surface area contributed by atoms with Gasteiger partial charge in [0.25, 0.3) is 5.91 Å². The molecule has 0 aromatic heterocycles. The molecule has 1 heterocycles. The molecule has 2 N–H and O–H groups in total. The number of piperazine rings is 1. The summed E-state index contributed by atoms with van der Waals surface area (Å²) in [5, 5.41) is 0.429. The largest absolute Gasteiger partial charge is 0.398 e. The van der Waals surface area contributed by atoms with Gasteiger partial charge in [-0.2, -0.15) is 0 Å². The summed E-state index contributed by atoms with van der Waals surface area (Å²) in [6.07, 6.45) is 0. The van der Waals surface area contributed by atoms with Crippen molar-refractivity contribution in [2.75, 3.05) is 38.5 Å². The van der Waals surface area contributed by atoms with E-state index in [1.54, 1.807) is 18.2 Å². The lowest BCUT2D eigenvalue weighted by molar-refractivity contribution is 0.0644. The number of hydrogen-bond donors (Lipinski definition) is 1. The summed E-state index contributed by atoms with van der Waals surface area (Å²) in [5.74, 6) is -0.0612. The van der Waals surface area contributed by atoms with Crippen molar-refractivity contribution in [1.29, 1.82) is 0 Å². The number of halogens is 1. The molecule has 0 bridgehead atoms. The third kappa shape index (κ3) is 2.60. The minimum Gasteiger partial charge on any atom is -0.398 e. The normalized spacial score (nSPS) is 16.9. The van der Waals surface area contributed by atoms with Gasteiger partial charge in [0.2, 0.25) is 0 Å². The van der Waals surface area contributed by atoms with Gasteiger partial charge in [-0.15, -0.1) is 0 Å². The molecule has 0 saturated carbocycles. The first kappa shape index (κ1) is 13.2. The predicted octanol–water partition coefficient (Wildman–Crippen LogP) is 1.70. The third-order valence-electron chi connectivity index (χ3n) is 3.37. The highest BCUT2D eigenvalue weighted by atomic mass is 35.5. The second kappa shape index (κ2) is 5.59. The van der Waals surface area contributed by atoms with Gasteiger partial charge in [-0.1, -0.05) is 24.6 Å². The molecule has 0 spiro atoms. The molecule has 4 nitrogen and oxygen atoms in total. The van der Waals surface area contributed by atoms with Crippen LogP contribution in [0.1, 0.15) is 17.3 Å². The zero-order valence-corrected chi connectivity index (χ0v) is 11.3. The van der Waals surface area contributed by atoms with Crippen molar-refractivity contribution in [2.24, 2.45) is 0 Å². The van der Waals surface area contributed by atoms with Crippen LogP contribution in [0, 0.1) is 0 Å². The average molecular weight is 268 g/mol. The van der Waals surface area contributed by atoms with E-state index >= 15 is 0 Å². The molecule has 0 unspecified atom stereocenters. The fourth-order valence-corrected chi connectivity index (χ4v) is 2.45. The number of amides is 1. The van der Waals surface area contributed by atoms with Crippen LogP contribution in [0.25, 0.3) is 0 Å². The van der Waals surface area contributed by atoms with Crippen LogP contribution in [0.2, 0.25) is 5.02 Å². The fourth-order valence-electron chi connectivity index (χ4n) is 2.19. The quantitative estimate of drug-likeness (QED) is 0.830. The predicted molar refractivity (Wildman–Crippen MR) is 73.9 cm³/mol. The minimum atomic E-state index is -0.0612. The highest BCUT2D eigenvalue weighted by Crippen LogP contribution is 2.24. The van der Waals surface area contributed by atoms with Crippen LogP contribution >= 0.6 is 11.6 Å². The first-order valence-corrected chi connectivity index (χ1v) is 6.57. The Labute approximate surface area is 112 Å². The van der Waals surface area contributed by atoms with Crippen molar-refractivity contribution in [1.82, 2.24) is 9.80 Å². The summed E-state index contributed by atoms with van der Waals surface area (Å²) in [7, 11) is 0. The van der Waals surface area contributed by atoms with Crippen molar-refractivity contribution in [3.05, 3.63) is 28.8 Å². The van der Waals surface area contributed by atoms with Crippen molar-refractivity contribution >= 4 is 23.2 Å². The third-order valence-corrected chi connectivity index (χ3v) is 3.68. The van der Waals surface area contributed by atoms with E-state index in [4.69, 9.17) is 17.3 Å². The number of rotatable bonds is 2. The molecule has 2 rings (SSSR count).